The number of rotatable bonds is 2. The van der Waals surface area contributed by atoms with Gasteiger partial charge in [-0.05, 0) is 31.2 Å². The zero-order valence-corrected chi connectivity index (χ0v) is 13.5. The fraction of sp³-hybridized carbons (Fsp3) is 0.235. The molecule has 1 N–H and O–H groups in total. The first-order valence-corrected chi connectivity index (χ1v) is 7.66. The van der Waals surface area contributed by atoms with Crippen LogP contribution in [-0.2, 0) is 4.79 Å². The zero-order chi connectivity index (χ0) is 18.0. The van der Waals surface area contributed by atoms with E-state index in [0.717, 1.165) is 6.20 Å². The normalized spacial score (nSPS) is 17.3. The number of amides is 2. The van der Waals surface area contributed by atoms with Crippen molar-refractivity contribution in [3.05, 3.63) is 58.3 Å². The Kier molecular flexibility index (Phi) is 4.31. The standard InChI is InChI=1S/C17H15N5O3/c1-11-9-22(13-4-2-12(6-18)3-5-13)16(24)10-21(11)17(25)14-7-20-15(23)8-19-14/h2-5,7-8,11H,9-10H2,1H3,(H,20,23)/t11-/m1/s1. The number of aromatic nitrogens is 2. The van der Waals surface area contributed by atoms with Crippen LogP contribution in [0.3, 0.4) is 0 Å². The maximum Gasteiger partial charge on any atom is 0.274 e. The van der Waals surface area contributed by atoms with E-state index in [-0.39, 0.29) is 24.2 Å². The first kappa shape index (κ1) is 16.4. The van der Waals surface area contributed by atoms with Crippen molar-refractivity contribution in [3.63, 3.8) is 0 Å². The summed E-state index contributed by atoms with van der Waals surface area (Å²) in [5.74, 6) is -0.628. The van der Waals surface area contributed by atoms with E-state index in [1.54, 1.807) is 29.2 Å². The molecule has 2 aromatic rings. The molecule has 3 rings (SSSR count). The maximum atomic E-state index is 12.5. The molecule has 0 radical (unpaired) electrons. The van der Waals surface area contributed by atoms with Gasteiger partial charge in [0, 0.05) is 24.5 Å². The van der Waals surface area contributed by atoms with Gasteiger partial charge in [-0.1, -0.05) is 0 Å². The minimum absolute atomic E-state index is 0.0825. The molecule has 0 aliphatic carbocycles. The average Bonchev–Trinajstić information content (AvgIpc) is 2.63. The number of nitrogens with zero attached hydrogens (tertiary/aromatic N) is 4. The molecule has 25 heavy (non-hydrogen) atoms. The summed E-state index contributed by atoms with van der Waals surface area (Å²) in [5, 5.41) is 8.85. The fourth-order valence-electron chi connectivity index (χ4n) is 2.70. The Bertz CT molecular complexity index is 893. The lowest BCUT2D eigenvalue weighted by Gasteiger charge is -2.39. The van der Waals surface area contributed by atoms with Crippen molar-refractivity contribution >= 4 is 17.5 Å². The van der Waals surface area contributed by atoms with Crippen LogP contribution >= 0.6 is 0 Å². The van der Waals surface area contributed by atoms with Gasteiger partial charge >= 0.3 is 0 Å². The predicted molar refractivity (Wildman–Crippen MR) is 88.9 cm³/mol. The Morgan fingerprint density at radius 1 is 1.32 bits per heavy atom. The largest absolute Gasteiger partial charge is 0.325 e. The summed E-state index contributed by atoms with van der Waals surface area (Å²) < 4.78 is 0. The number of nitrogens with one attached hydrogen (secondary N) is 1. The van der Waals surface area contributed by atoms with Crippen LogP contribution in [0.15, 0.2) is 41.5 Å². The van der Waals surface area contributed by atoms with E-state index >= 15 is 0 Å². The molecule has 1 aromatic carbocycles. The van der Waals surface area contributed by atoms with E-state index in [0.29, 0.717) is 17.8 Å². The van der Waals surface area contributed by atoms with E-state index < -0.39 is 11.5 Å². The molecule has 1 aliphatic heterocycles. The monoisotopic (exact) mass is 337 g/mol. The van der Waals surface area contributed by atoms with Crippen LogP contribution in [0.5, 0.6) is 0 Å². The van der Waals surface area contributed by atoms with Crippen molar-refractivity contribution < 1.29 is 9.59 Å². The summed E-state index contributed by atoms with van der Waals surface area (Å²) >= 11 is 0. The number of piperazine rings is 1. The first-order valence-electron chi connectivity index (χ1n) is 7.66. The van der Waals surface area contributed by atoms with Gasteiger partial charge in [-0.2, -0.15) is 5.26 Å². The Labute approximate surface area is 143 Å². The summed E-state index contributed by atoms with van der Waals surface area (Å²) in [7, 11) is 0. The van der Waals surface area contributed by atoms with E-state index in [4.69, 9.17) is 5.26 Å². The summed E-state index contributed by atoms with van der Waals surface area (Å²) in [6.45, 7) is 2.09. The fourth-order valence-corrected chi connectivity index (χ4v) is 2.70. The van der Waals surface area contributed by atoms with Crippen molar-refractivity contribution in [2.75, 3.05) is 18.0 Å². The van der Waals surface area contributed by atoms with Crippen LogP contribution in [0, 0.1) is 11.3 Å². The van der Waals surface area contributed by atoms with Gasteiger partial charge in [-0.3, -0.25) is 14.4 Å². The summed E-state index contributed by atoms with van der Waals surface area (Å²) in [6.07, 6.45) is 2.28. The third kappa shape index (κ3) is 3.26. The minimum atomic E-state index is -0.406. The van der Waals surface area contributed by atoms with Gasteiger partial charge in [0.2, 0.25) is 5.91 Å². The summed E-state index contributed by atoms with van der Waals surface area (Å²) in [4.78, 5) is 45.3. The molecule has 126 valence electrons. The first-order chi connectivity index (χ1) is 12.0. The van der Waals surface area contributed by atoms with E-state index in [1.165, 1.54) is 11.1 Å². The molecule has 0 saturated carbocycles. The molecule has 8 nitrogen and oxygen atoms in total. The number of hydrogen-bond donors (Lipinski definition) is 1. The van der Waals surface area contributed by atoms with Crippen molar-refractivity contribution in [1.82, 2.24) is 14.9 Å². The number of anilines is 1. The lowest BCUT2D eigenvalue weighted by molar-refractivity contribution is -0.121. The van der Waals surface area contributed by atoms with Gasteiger partial charge in [0.1, 0.15) is 12.2 Å². The number of carbonyl (C=O) groups is 2. The van der Waals surface area contributed by atoms with Crippen LogP contribution in [-0.4, -0.2) is 45.8 Å². The van der Waals surface area contributed by atoms with Gasteiger partial charge in [0.25, 0.3) is 11.5 Å². The third-order valence-electron chi connectivity index (χ3n) is 4.05. The molecular formula is C17H15N5O3. The highest BCUT2D eigenvalue weighted by atomic mass is 16.2. The molecule has 8 heteroatoms. The SMILES string of the molecule is C[C@@H]1CN(c2ccc(C#N)cc2)C(=O)CN1C(=O)c1c[nH]c(=O)cn1. The number of H-pyrrole nitrogens is 1. The topological polar surface area (TPSA) is 110 Å². The lowest BCUT2D eigenvalue weighted by atomic mass is 10.1. The van der Waals surface area contributed by atoms with Crippen LogP contribution in [0.1, 0.15) is 23.0 Å². The second-order valence-electron chi connectivity index (χ2n) is 5.74. The molecule has 1 aromatic heterocycles. The number of carbonyl (C=O) groups excluding carboxylic acids is 2. The third-order valence-corrected chi connectivity index (χ3v) is 4.05. The molecule has 0 bridgehead atoms. The highest BCUT2D eigenvalue weighted by Gasteiger charge is 2.34. The highest BCUT2D eigenvalue weighted by molar-refractivity contribution is 6.01. The maximum absolute atomic E-state index is 12.5. The molecule has 1 aliphatic rings. The molecule has 0 spiro atoms. The van der Waals surface area contributed by atoms with Crippen LogP contribution < -0.4 is 10.5 Å². The number of nitriles is 1. The van der Waals surface area contributed by atoms with Gasteiger partial charge < -0.3 is 14.8 Å². The molecule has 0 unspecified atom stereocenters. The molecular weight excluding hydrogens is 322 g/mol. The zero-order valence-electron chi connectivity index (χ0n) is 13.5. The lowest BCUT2D eigenvalue weighted by Crippen LogP contribution is -2.57. The van der Waals surface area contributed by atoms with E-state index in [9.17, 15) is 14.4 Å². The van der Waals surface area contributed by atoms with E-state index in [1.807, 2.05) is 13.0 Å². The van der Waals surface area contributed by atoms with Crippen LogP contribution in [0.4, 0.5) is 5.69 Å². The number of aromatic amines is 1. The average molecular weight is 337 g/mol. The Balaban J connectivity index is 1.78. The summed E-state index contributed by atoms with van der Waals surface area (Å²) in [6, 6.07) is 8.53. The van der Waals surface area contributed by atoms with Crippen LogP contribution in [0.2, 0.25) is 0 Å². The molecule has 1 saturated heterocycles. The minimum Gasteiger partial charge on any atom is -0.325 e. The van der Waals surface area contributed by atoms with Crippen molar-refractivity contribution in [2.45, 2.75) is 13.0 Å². The Morgan fingerprint density at radius 3 is 2.64 bits per heavy atom. The smallest absolute Gasteiger partial charge is 0.274 e. The number of hydrogen-bond acceptors (Lipinski definition) is 5. The molecule has 2 amide bonds. The van der Waals surface area contributed by atoms with Gasteiger partial charge in [0.05, 0.1) is 17.8 Å². The van der Waals surface area contributed by atoms with Crippen LogP contribution in [0.25, 0.3) is 0 Å². The second kappa shape index (κ2) is 6.57. The molecule has 1 fully saturated rings. The number of benzene rings is 1. The quantitative estimate of drug-likeness (QED) is 0.859. The van der Waals surface area contributed by atoms with Crippen molar-refractivity contribution in [1.29, 1.82) is 5.26 Å². The van der Waals surface area contributed by atoms with Gasteiger partial charge in [0.15, 0.2) is 0 Å². The summed E-state index contributed by atoms with van der Waals surface area (Å²) in [5.41, 5.74) is 0.893. The Morgan fingerprint density at radius 2 is 2.04 bits per heavy atom. The van der Waals surface area contributed by atoms with E-state index in [2.05, 4.69) is 9.97 Å². The van der Waals surface area contributed by atoms with Gasteiger partial charge in [-0.25, -0.2) is 4.98 Å². The Hall–Kier alpha value is -3.47. The van der Waals surface area contributed by atoms with Crippen molar-refractivity contribution in [2.24, 2.45) is 0 Å². The van der Waals surface area contributed by atoms with Gasteiger partial charge in [-0.15, -0.1) is 0 Å². The predicted octanol–water partition coefficient (Wildman–Crippen LogP) is 0.519. The molecule has 1 atom stereocenters. The molecule has 2 heterocycles. The van der Waals surface area contributed by atoms with Crippen molar-refractivity contribution in [3.8, 4) is 6.07 Å². The second-order valence-corrected chi connectivity index (χ2v) is 5.74. The highest BCUT2D eigenvalue weighted by Crippen LogP contribution is 2.21.